The van der Waals surface area contributed by atoms with Gasteiger partial charge in [0.2, 0.25) is 5.79 Å². The molecule has 0 spiro atoms. The number of ether oxygens (including phenoxy) is 4. The number of likely N-dealkylation sites (N-methyl/N-ethyl adjacent to an activating group) is 1. The maximum atomic E-state index is 13.5. The van der Waals surface area contributed by atoms with Crippen molar-refractivity contribution in [3.05, 3.63) is 126 Å². The largest absolute Gasteiger partial charge is 0.459 e. The summed E-state index contributed by atoms with van der Waals surface area (Å²) in [7, 11) is 3.08. The van der Waals surface area contributed by atoms with Gasteiger partial charge in [-0.05, 0) is 89.8 Å². The smallest absolute Gasteiger partial charge is 0.409 e. The van der Waals surface area contributed by atoms with Crippen LogP contribution in [0.25, 0.3) is 10.8 Å². The van der Waals surface area contributed by atoms with Crippen molar-refractivity contribution in [3.63, 3.8) is 0 Å². The van der Waals surface area contributed by atoms with E-state index in [0.717, 1.165) is 64.6 Å². The minimum atomic E-state index is -1.36. The molecular formula is C47H54N2O8. The van der Waals surface area contributed by atoms with E-state index in [-0.39, 0.29) is 50.6 Å². The molecule has 0 aromatic heterocycles. The van der Waals surface area contributed by atoms with Crippen LogP contribution in [-0.4, -0.2) is 72.7 Å². The summed E-state index contributed by atoms with van der Waals surface area (Å²) in [6, 6.07) is 29.5. The van der Waals surface area contributed by atoms with Crippen LogP contribution in [0.2, 0.25) is 0 Å². The fourth-order valence-corrected chi connectivity index (χ4v) is 9.19. The van der Waals surface area contributed by atoms with Crippen LogP contribution in [0.5, 0.6) is 17.2 Å². The summed E-state index contributed by atoms with van der Waals surface area (Å²) < 4.78 is 26.0. The summed E-state index contributed by atoms with van der Waals surface area (Å²) in [6.07, 6.45) is 8.50. The van der Waals surface area contributed by atoms with Crippen molar-refractivity contribution in [1.82, 2.24) is 4.90 Å². The molecule has 7 rings (SSSR count). The highest BCUT2D eigenvalue weighted by Gasteiger charge is 2.65. The number of hydrogen-bond acceptors (Lipinski definition) is 9. The van der Waals surface area contributed by atoms with Crippen LogP contribution < -0.4 is 9.47 Å². The average Bonchev–Trinajstić information content (AvgIpc) is 3.24. The molecule has 1 saturated carbocycles. The standard InChI is InChI=1S/C47H54N2O8/c1-4-26-54-47-43(49(2)46(52)53-3)30-41(48-55-31-32-14-6-5-7-15-32)39-28-35(18-10-12-24-50)38(19-11-13-25-51)44(45(39)47)40-29-37(22-23-42(40)57-47)56-36-21-20-33-16-8-9-17-34(33)27-36/h4-9,14-17,20-23,27-29,35,38,43-45,50-51H,1,10-13,18-19,24-26,30-31H2,2-3H3. The third kappa shape index (κ3) is 8.44. The van der Waals surface area contributed by atoms with Crippen LogP contribution in [0.3, 0.4) is 0 Å². The normalized spacial score (nSPS) is 24.1. The highest BCUT2D eigenvalue weighted by atomic mass is 16.7. The molecule has 1 heterocycles. The quantitative estimate of drug-likeness (QED) is 0.0620. The van der Waals surface area contributed by atoms with Gasteiger partial charge in [0, 0.05) is 38.2 Å². The van der Waals surface area contributed by atoms with Gasteiger partial charge >= 0.3 is 6.09 Å². The molecule has 10 nitrogen and oxygen atoms in total. The number of aliphatic hydroxyl groups excluding tert-OH is 2. The lowest BCUT2D eigenvalue weighted by Crippen LogP contribution is -2.69. The topological polar surface area (TPSA) is 119 Å². The molecule has 0 bridgehead atoms. The Hall–Kier alpha value is -5.16. The fourth-order valence-electron chi connectivity index (χ4n) is 9.19. The van der Waals surface area contributed by atoms with Crippen molar-refractivity contribution in [3.8, 4) is 17.2 Å². The van der Waals surface area contributed by atoms with Gasteiger partial charge in [0.05, 0.1) is 25.3 Å². The molecule has 3 aliphatic rings. The molecule has 6 unspecified atom stereocenters. The first kappa shape index (κ1) is 40.1. The Morgan fingerprint density at radius 2 is 1.65 bits per heavy atom. The molecule has 6 atom stereocenters. The summed E-state index contributed by atoms with van der Waals surface area (Å²) in [5.74, 6) is 0.277. The number of allylic oxidation sites excluding steroid dienone is 1. The van der Waals surface area contributed by atoms with E-state index in [1.54, 1.807) is 18.0 Å². The molecule has 1 fully saturated rings. The molecule has 10 heteroatoms. The van der Waals surface area contributed by atoms with Gasteiger partial charge in [-0.1, -0.05) is 90.8 Å². The predicted molar refractivity (Wildman–Crippen MR) is 220 cm³/mol. The Labute approximate surface area is 335 Å². The van der Waals surface area contributed by atoms with E-state index in [4.69, 9.17) is 28.9 Å². The number of fused-ring (bicyclic) bond motifs is 3. The summed E-state index contributed by atoms with van der Waals surface area (Å²) in [5.41, 5.74) is 3.65. The van der Waals surface area contributed by atoms with E-state index in [2.05, 4.69) is 36.9 Å². The fraction of sp³-hybridized carbons (Fsp3) is 0.404. The van der Waals surface area contributed by atoms with Gasteiger partial charge in [-0.15, -0.1) is 6.58 Å². The maximum absolute atomic E-state index is 13.5. The van der Waals surface area contributed by atoms with E-state index >= 15 is 0 Å². The molecule has 0 saturated heterocycles. The van der Waals surface area contributed by atoms with Crippen LogP contribution >= 0.6 is 0 Å². The predicted octanol–water partition coefficient (Wildman–Crippen LogP) is 9.16. The van der Waals surface area contributed by atoms with E-state index < -0.39 is 23.8 Å². The summed E-state index contributed by atoms with van der Waals surface area (Å²) in [6.45, 7) is 4.66. The zero-order chi connectivity index (χ0) is 39.8. The molecule has 4 aromatic rings. The molecule has 57 heavy (non-hydrogen) atoms. The second kappa shape index (κ2) is 18.4. The Kier molecular flexibility index (Phi) is 12.9. The summed E-state index contributed by atoms with van der Waals surface area (Å²) in [4.78, 5) is 21.1. The summed E-state index contributed by atoms with van der Waals surface area (Å²) >= 11 is 0. The lowest BCUT2D eigenvalue weighted by Gasteiger charge is -2.59. The first-order valence-corrected chi connectivity index (χ1v) is 20.1. The monoisotopic (exact) mass is 774 g/mol. The average molecular weight is 775 g/mol. The number of methoxy groups -OCH3 is 1. The highest BCUT2D eigenvalue weighted by Crippen LogP contribution is 2.62. The Bertz CT molecular complexity index is 2070. The number of benzene rings is 4. The second-order valence-corrected chi connectivity index (χ2v) is 15.2. The van der Waals surface area contributed by atoms with Gasteiger partial charge < -0.3 is 38.9 Å². The molecular weight excluding hydrogens is 721 g/mol. The van der Waals surface area contributed by atoms with Crippen molar-refractivity contribution < 1.29 is 38.8 Å². The first-order chi connectivity index (χ1) is 27.9. The molecule has 300 valence electrons. The van der Waals surface area contributed by atoms with Gasteiger partial charge in [-0.2, -0.15) is 0 Å². The Balaban J connectivity index is 1.40. The minimum Gasteiger partial charge on any atom is -0.459 e. The van der Waals surface area contributed by atoms with Crippen LogP contribution in [0, 0.1) is 17.8 Å². The third-order valence-corrected chi connectivity index (χ3v) is 11.8. The maximum Gasteiger partial charge on any atom is 0.409 e. The van der Waals surface area contributed by atoms with Crippen molar-refractivity contribution >= 4 is 22.6 Å². The van der Waals surface area contributed by atoms with Gasteiger partial charge in [-0.25, -0.2) is 4.79 Å². The molecule has 0 radical (unpaired) electrons. The van der Waals surface area contributed by atoms with Gasteiger partial charge in [0.15, 0.2) is 0 Å². The Morgan fingerprint density at radius 1 is 0.930 bits per heavy atom. The molecule has 2 aliphatic carbocycles. The molecule has 4 aromatic carbocycles. The lowest BCUT2D eigenvalue weighted by molar-refractivity contribution is -0.253. The van der Waals surface area contributed by atoms with Crippen molar-refractivity contribution in [2.45, 2.75) is 69.3 Å². The van der Waals surface area contributed by atoms with Crippen molar-refractivity contribution in [1.29, 1.82) is 0 Å². The number of amides is 1. The van der Waals surface area contributed by atoms with Gasteiger partial charge in [-0.3, -0.25) is 0 Å². The first-order valence-electron chi connectivity index (χ1n) is 20.1. The summed E-state index contributed by atoms with van der Waals surface area (Å²) in [5, 5.41) is 26.8. The molecule has 1 aliphatic heterocycles. The molecule has 1 amide bonds. The number of carbonyl (C=O) groups is 1. The van der Waals surface area contributed by atoms with Crippen LogP contribution in [-0.2, 0) is 20.9 Å². The van der Waals surface area contributed by atoms with Gasteiger partial charge in [0.25, 0.3) is 0 Å². The van der Waals surface area contributed by atoms with Gasteiger partial charge in [0.1, 0.15) is 29.9 Å². The van der Waals surface area contributed by atoms with Crippen LogP contribution in [0.1, 0.15) is 62.0 Å². The number of aliphatic hydroxyl groups is 2. The van der Waals surface area contributed by atoms with Crippen LogP contribution in [0.4, 0.5) is 4.79 Å². The highest BCUT2D eigenvalue weighted by molar-refractivity contribution is 6.03. The van der Waals surface area contributed by atoms with E-state index in [1.807, 2.05) is 66.7 Å². The number of rotatable bonds is 17. The van der Waals surface area contributed by atoms with Crippen LogP contribution in [0.15, 0.2) is 120 Å². The molecule has 2 N–H and O–H groups in total. The van der Waals surface area contributed by atoms with Crippen molar-refractivity contribution in [2.24, 2.45) is 22.9 Å². The number of oxime groups is 1. The minimum absolute atomic E-state index is 0.0861. The number of unbranched alkanes of at least 4 members (excludes halogenated alkanes) is 2. The zero-order valence-corrected chi connectivity index (χ0v) is 32.9. The van der Waals surface area contributed by atoms with E-state index in [1.165, 1.54) is 7.11 Å². The lowest BCUT2D eigenvalue weighted by atomic mass is 9.55. The third-order valence-electron chi connectivity index (χ3n) is 11.8. The Morgan fingerprint density at radius 3 is 2.40 bits per heavy atom. The number of nitrogens with zero attached hydrogens (tertiary/aromatic N) is 2. The SMILES string of the molecule is C=CCOC12Oc3ccc(Oc4ccc5ccccc5c4)cc3C3C(CCCCO)C(CCCCO)C=C(C(=NOCc4ccccc4)CC1N(C)C(=O)OC)C32. The van der Waals surface area contributed by atoms with Crippen molar-refractivity contribution in [2.75, 3.05) is 34.0 Å². The zero-order valence-electron chi connectivity index (χ0n) is 32.9. The second-order valence-electron chi connectivity index (χ2n) is 15.2. The number of carbonyl (C=O) groups excluding carboxylic acids is 1. The number of hydrogen-bond donors (Lipinski definition) is 2. The van der Waals surface area contributed by atoms with E-state index in [0.29, 0.717) is 24.3 Å². The van der Waals surface area contributed by atoms with E-state index in [9.17, 15) is 15.0 Å².